The summed E-state index contributed by atoms with van der Waals surface area (Å²) in [7, 11) is 0. The van der Waals surface area contributed by atoms with Crippen LogP contribution in [0.1, 0.15) is 22.9 Å². The topological polar surface area (TPSA) is 29.5 Å². The van der Waals surface area contributed by atoms with Gasteiger partial charge in [-0.2, -0.15) is 0 Å². The molecule has 1 amide bonds. The van der Waals surface area contributed by atoms with Crippen LogP contribution in [0.4, 0.5) is 0 Å². The molecule has 3 nitrogen and oxygen atoms in total. The van der Waals surface area contributed by atoms with Gasteiger partial charge in [-0.25, -0.2) is 0 Å². The zero-order chi connectivity index (χ0) is 16.1. The molecule has 5 heteroatoms. The zero-order valence-electron chi connectivity index (χ0n) is 13.1. The maximum Gasteiger partial charge on any atom is 0.260 e. The number of hydrogen-bond acceptors (Lipinski definition) is 3. The van der Waals surface area contributed by atoms with Crippen LogP contribution in [-0.2, 0) is 11.3 Å². The summed E-state index contributed by atoms with van der Waals surface area (Å²) >= 11 is 7.42. The first-order chi connectivity index (χ1) is 10.5. The van der Waals surface area contributed by atoms with E-state index in [-0.39, 0.29) is 12.5 Å². The molecule has 0 saturated heterocycles. The molecule has 2 aromatic rings. The Labute approximate surface area is 140 Å². The number of carbonyl (C=O) groups is 1. The van der Waals surface area contributed by atoms with Crippen molar-refractivity contribution in [1.29, 1.82) is 0 Å². The van der Waals surface area contributed by atoms with Gasteiger partial charge in [-0.15, -0.1) is 11.3 Å². The molecule has 0 aliphatic heterocycles. The number of likely N-dealkylation sites (N-methyl/N-ethyl adjacent to an activating group) is 1. The monoisotopic (exact) mass is 337 g/mol. The van der Waals surface area contributed by atoms with Gasteiger partial charge < -0.3 is 9.64 Å². The highest BCUT2D eigenvalue weighted by molar-refractivity contribution is 7.16. The summed E-state index contributed by atoms with van der Waals surface area (Å²) in [5, 5.41) is 0. The molecule has 2 rings (SSSR count). The number of halogens is 1. The van der Waals surface area contributed by atoms with Crippen molar-refractivity contribution in [1.82, 2.24) is 4.90 Å². The molecule has 0 fully saturated rings. The van der Waals surface area contributed by atoms with E-state index in [9.17, 15) is 4.79 Å². The van der Waals surface area contributed by atoms with Gasteiger partial charge in [0.2, 0.25) is 0 Å². The van der Waals surface area contributed by atoms with E-state index in [2.05, 4.69) is 6.92 Å². The number of carbonyl (C=O) groups excluding carboxylic acids is 1. The first-order valence-electron chi connectivity index (χ1n) is 7.21. The number of benzene rings is 1. The van der Waals surface area contributed by atoms with Crippen LogP contribution in [0.2, 0.25) is 4.34 Å². The molecule has 0 bridgehead atoms. The molecular weight excluding hydrogens is 318 g/mol. The van der Waals surface area contributed by atoms with Crippen molar-refractivity contribution in [3.63, 3.8) is 0 Å². The first kappa shape index (κ1) is 16.8. The van der Waals surface area contributed by atoms with E-state index >= 15 is 0 Å². The Morgan fingerprint density at radius 1 is 1.23 bits per heavy atom. The lowest BCUT2D eigenvalue weighted by Gasteiger charge is -2.20. The number of thiophene rings is 1. The summed E-state index contributed by atoms with van der Waals surface area (Å²) in [5.41, 5.74) is 2.37. The van der Waals surface area contributed by atoms with Crippen LogP contribution in [0.15, 0.2) is 30.3 Å². The standard InChI is InChI=1S/C17H20ClNO2S/c1-4-19(10-15-7-8-16(18)22-15)17(20)11-21-14-6-5-12(2)13(3)9-14/h5-9H,4,10-11H2,1-3H3. The van der Waals surface area contributed by atoms with Gasteiger partial charge in [0.25, 0.3) is 5.91 Å². The Morgan fingerprint density at radius 3 is 2.59 bits per heavy atom. The van der Waals surface area contributed by atoms with Crippen LogP contribution < -0.4 is 4.74 Å². The maximum absolute atomic E-state index is 12.3. The van der Waals surface area contributed by atoms with Crippen molar-refractivity contribution in [2.75, 3.05) is 13.2 Å². The summed E-state index contributed by atoms with van der Waals surface area (Å²) in [6, 6.07) is 9.65. The second-order valence-electron chi connectivity index (χ2n) is 5.15. The molecule has 0 unspecified atom stereocenters. The van der Waals surface area contributed by atoms with Gasteiger partial charge in [-0.3, -0.25) is 4.79 Å². The predicted octanol–water partition coefficient (Wildman–Crippen LogP) is 4.45. The maximum atomic E-state index is 12.3. The van der Waals surface area contributed by atoms with Crippen molar-refractivity contribution >= 4 is 28.8 Å². The predicted molar refractivity (Wildman–Crippen MR) is 91.8 cm³/mol. The summed E-state index contributed by atoms with van der Waals surface area (Å²) in [5.74, 6) is 0.705. The molecule has 22 heavy (non-hydrogen) atoms. The third-order valence-corrected chi connectivity index (χ3v) is 4.77. The fraction of sp³-hybridized carbons (Fsp3) is 0.353. The quantitative estimate of drug-likeness (QED) is 0.779. The summed E-state index contributed by atoms with van der Waals surface area (Å²) in [6.45, 7) is 7.31. The average Bonchev–Trinajstić information content (AvgIpc) is 2.91. The Morgan fingerprint density at radius 2 is 2.00 bits per heavy atom. The molecule has 0 radical (unpaired) electrons. The highest BCUT2D eigenvalue weighted by Gasteiger charge is 2.14. The van der Waals surface area contributed by atoms with E-state index in [1.807, 2.05) is 44.2 Å². The fourth-order valence-corrected chi connectivity index (χ4v) is 3.14. The normalized spacial score (nSPS) is 10.5. The Hall–Kier alpha value is -1.52. The van der Waals surface area contributed by atoms with E-state index in [1.165, 1.54) is 16.9 Å². The van der Waals surface area contributed by atoms with Crippen molar-refractivity contribution in [2.45, 2.75) is 27.3 Å². The molecule has 0 saturated carbocycles. The highest BCUT2D eigenvalue weighted by atomic mass is 35.5. The molecule has 1 aromatic heterocycles. The number of aryl methyl sites for hydroxylation is 2. The number of amides is 1. The first-order valence-corrected chi connectivity index (χ1v) is 8.41. The van der Waals surface area contributed by atoms with Crippen LogP contribution >= 0.6 is 22.9 Å². The SMILES string of the molecule is CCN(Cc1ccc(Cl)s1)C(=O)COc1ccc(C)c(C)c1. The number of hydrogen-bond donors (Lipinski definition) is 0. The van der Waals surface area contributed by atoms with Gasteiger partial charge >= 0.3 is 0 Å². The van der Waals surface area contributed by atoms with Crippen LogP contribution in [0.3, 0.4) is 0 Å². The third-order valence-electron chi connectivity index (χ3n) is 3.55. The molecule has 0 aliphatic carbocycles. The Kier molecular flexibility index (Phi) is 5.86. The minimum Gasteiger partial charge on any atom is -0.484 e. The number of rotatable bonds is 6. The lowest BCUT2D eigenvalue weighted by Crippen LogP contribution is -2.34. The molecule has 1 heterocycles. The van der Waals surface area contributed by atoms with Crippen molar-refractivity contribution in [3.8, 4) is 5.75 Å². The van der Waals surface area contributed by atoms with Crippen LogP contribution in [-0.4, -0.2) is 24.0 Å². The average molecular weight is 338 g/mol. The van der Waals surface area contributed by atoms with Gasteiger partial charge in [0, 0.05) is 11.4 Å². The fourth-order valence-electron chi connectivity index (χ4n) is 2.04. The molecular formula is C17H20ClNO2S. The minimum atomic E-state index is -0.0229. The Balaban J connectivity index is 1.92. The molecule has 118 valence electrons. The minimum absolute atomic E-state index is 0.0229. The highest BCUT2D eigenvalue weighted by Crippen LogP contribution is 2.23. The largest absolute Gasteiger partial charge is 0.484 e. The molecule has 0 aliphatic rings. The lowest BCUT2D eigenvalue weighted by atomic mass is 10.1. The zero-order valence-corrected chi connectivity index (χ0v) is 14.6. The second-order valence-corrected chi connectivity index (χ2v) is 6.95. The van der Waals surface area contributed by atoms with E-state index in [1.54, 1.807) is 4.90 Å². The van der Waals surface area contributed by atoms with Crippen LogP contribution in [0.5, 0.6) is 5.75 Å². The van der Waals surface area contributed by atoms with Gasteiger partial charge in [0.05, 0.1) is 10.9 Å². The van der Waals surface area contributed by atoms with Crippen LogP contribution in [0, 0.1) is 13.8 Å². The van der Waals surface area contributed by atoms with Crippen LogP contribution in [0.25, 0.3) is 0 Å². The molecule has 1 aromatic carbocycles. The van der Waals surface area contributed by atoms with Gasteiger partial charge in [0.15, 0.2) is 6.61 Å². The lowest BCUT2D eigenvalue weighted by molar-refractivity contribution is -0.133. The Bertz CT molecular complexity index is 654. The second kappa shape index (κ2) is 7.65. The summed E-state index contributed by atoms with van der Waals surface area (Å²) < 4.78 is 6.36. The van der Waals surface area contributed by atoms with E-state index in [0.717, 1.165) is 20.5 Å². The van der Waals surface area contributed by atoms with E-state index < -0.39 is 0 Å². The number of nitrogens with zero attached hydrogens (tertiary/aromatic N) is 1. The smallest absolute Gasteiger partial charge is 0.260 e. The number of ether oxygens (including phenoxy) is 1. The van der Waals surface area contributed by atoms with Crippen molar-refractivity contribution in [3.05, 3.63) is 50.7 Å². The van der Waals surface area contributed by atoms with E-state index in [0.29, 0.717) is 13.1 Å². The van der Waals surface area contributed by atoms with Crippen molar-refractivity contribution in [2.24, 2.45) is 0 Å². The molecule has 0 atom stereocenters. The van der Waals surface area contributed by atoms with Gasteiger partial charge in [-0.1, -0.05) is 17.7 Å². The van der Waals surface area contributed by atoms with Crippen molar-refractivity contribution < 1.29 is 9.53 Å². The van der Waals surface area contributed by atoms with Gasteiger partial charge in [-0.05, 0) is 56.2 Å². The third kappa shape index (κ3) is 4.49. The molecule has 0 N–H and O–H groups in total. The summed E-state index contributed by atoms with van der Waals surface area (Å²) in [6.07, 6.45) is 0. The van der Waals surface area contributed by atoms with E-state index in [4.69, 9.17) is 16.3 Å². The summed E-state index contributed by atoms with van der Waals surface area (Å²) in [4.78, 5) is 15.1. The molecule has 0 spiro atoms. The van der Waals surface area contributed by atoms with Gasteiger partial charge in [0.1, 0.15) is 5.75 Å².